The quantitative estimate of drug-likeness (QED) is 0.418. The van der Waals surface area contributed by atoms with Crippen molar-refractivity contribution in [1.82, 2.24) is 19.9 Å². The fraction of sp³-hybridized carbons (Fsp3) is 0.0800. The first-order valence-corrected chi connectivity index (χ1v) is 11.5. The highest BCUT2D eigenvalue weighted by molar-refractivity contribution is 7.84. The van der Waals surface area contributed by atoms with Gasteiger partial charge in [-0.1, -0.05) is 72.3 Å². The molecule has 6 nitrogen and oxygen atoms in total. The van der Waals surface area contributed by atoms with Crippen LogP contribution in [-0.4, -0.2) is 24.1 Å². The number of aryl methyl sites for hydroxylation is 1. The lowest BCUT2D eigenvalue weighted by Gasteiger charge is -2.03. The molecule has 3 aromatic carbocycles. The molecule has 1 unspecified atom stereocenters. The molecule has 0 amide bonds. The Labute approximate surface area is 186 Å². The summed E-state index contributed by atoms with van der Waals surface area (Å²) in [7, 11) is -1.53. The number of aromatic nitrogens is 4. The van der Waals surface area contributed by atoms with E-state index in [1.807, 2.05) is 73.7 Å². The maximum absolute atomic E-state index is 13.2. The summed E-state index contributed by atoms with van der Waals surface area (Å²) < 4.78 is 13.2. The lowest BCUT2D eigenvalue weighted by molar-refractivity contribution is 0.675. The van der Waals surface area contributed by atoms with Crippen LogP contribution in [-0.2, 0) is 16.6 Å². The fourth-order valence-corrected chi connectivity index (χ4v) is 4.57. The van der Waals surface area contributed by atoms with E-state index in [2.05, 4.69) is 19.9 Å². The smallest absolute Gasteiger partial charge is 0.258 e. The number of imidazole rings is 1. The second-order valence-electron chi connectivity index (χ2n) is 7.52. The number of rotatable bonds is 5. The van der Waals surface area contributed by atoms with Crippen LogP contribution in [0.2, 0.25) is 0 Å². The van der Waals surface area contributed by atoms with Crippen LogP contribution in [0.4, 0.5) is 0 Å². The molecular formula is C25H20N4O2S. The number of benzene rings is 3. The summed E-state index contributed by atoms with van der Waals surface area (Å²) >= 11 is 0. The fourth-order valence-electron chi connectivity index (χ4n) is 3.64. The summed E-state index contributed by atoms with van der Waals surface area (Å²) in [5, 5.41) is 0.865. The van der Waals surface area contributed by atoms with Gasteiger partial charge in [-0.05, 0) is 19.1 Å². The molecule has 0 aliphatic rings. The van der Waals surface area contributed by atoms with E-state index in [0.29, 0.717) is 21.9 Å². The van der Waals surface area contributed by atoms with E-state index in [9.17, 15) is 9.00 Å². The highest BCUT2D eigenvalue weighted by atomic mass is 32.2. The molecular weight excluding hydrogens is 420 g/mol. The number of aromatic amines is 2. The monoisotopic (exact) mass is 440 g/mol. The van der Waals surface area contributed by atoms with Gasteiger partial charge in [-0.3, -0.25) is 9.00 Å². The van der Waals surface area contributed by atoms with Gasteiger partial charge in [0, 0.05) is 11.1 Å². The van der Waals surface area contributed by atoms with Crippen molar-refractivity contribution in [2.24, 2.45) is 0 Å². The molecule has 2 N–H and O–H groups in total. The van der Waals surface area contributed by atoms with E-state index in [1.54, 1.807) is 12.1 Å². The number of nitrogens with one attached hydrogen (secondary N) is 2. The first-order chi connectivity index (χ1) is 15.6. The summed E-state index contributed by atoms with van der Waals surface area (Å²) in [6.45, 7) is 1.92. The van der Waals surface area contributed by atoms with Gasteiger partial charge in [-0.2, -0.15) is 0 Å². The maximum atomic E-state index is 13.2. The van der Waals surface area contributed by atoms with Crippen LogP contribution >= 0.6 is 0 Å². The first-order valence-electron chi connectivity index (χ1n) is 10.2. The molecule has 2 heterocycles. The van der Waals surface area contributed by atoms with Crippen molar-refractivity contribution in [3.63, 3.8) is 0 Å². The molecule has 5 rings (SSSR count). The van der Waals surface area contributed by atoms with Crippen LogP contribution in [0.25, 0.3) is 33.4 Å². The second kappa shape index (κ2) is 8.36. The minimum Gasteiger partial charge on any atom is -0.330 e. The van der Waals surface area contributed by atoms with E-state index in [0.717, 1.165) is 28.1 Å². The predicted octanol–water partition coefficient (Wildman–Crippen LogP) is 4.60. The molecule has 0 saturated heterocycles. The third-order valence-electron chi connectivity index (χ3n) is 5.19. The molecule has 0 fully saturated rings. The van der Waals surface area contributed by atoms with Crippen LogP contribution in [0.15, 0.2) is 88.8 Å². The van der Waals surface area contributed by atoms with Crippen molar-refractivity contribution in [2.75, 3.05) is 0 Å². The Hall–Kier alpha value is -3.84. The van der Waals surface area contributed by atoms with Crippen molar-refractivity contribution in [3.05, 3.63) is 101 Å². The van der Waals surface area contributed by atoms with E-state index in [1.165, 1.54) is 0 Å². The molecule has 7 heteroatoms. The number of hydrogen-bond acceptors (Lipinski definition) is 4. The number of H-pyrrole nitrogens is 2. The highest BCUT2D eigenvalue weighted by Gasteiger charge is 2.19. The molecule has 0 saturated carbocycles. The lowest BCUT2D eigenvalue weighted by atomic mass is 10.1. The van der Waals surface area contributed by atoms with Gasteiger partial charge in [0.15, 0.2) is 5.16 Å². The first kappa shape index (κ1) is 20.1. The minimum atomic E-state index is -1.53. The molecule has 0 radical (unpaired) electrons. The minimum absolute atomic E-state index is 0.0506. The van der Waals surface area contributed by atoms with Gasteiger partial charge in [0.2, 0.25) is 0 Å². The van der Waals surface area contributed by atoms with Crippen molar-refractivity contribution in [2.45, 2.75) is 17.8 Å². The van der Waals surface area contributed by atoms with Crippen molar-refractivity contribution in [3.8, 4) is 22.5 Å². The van der Waals surface area contributed by atoms with E-state index in [-0.39, 0.29) is 11.3 Å². The molecule has 0 aliphatic carbocycles. The Kier molecular flexibility index (Phi) is 5.25. The molecule has 0 spiro atoms. The molecule has 2 aromatic heterocycles. The SMILES string of the molecule is Cc1ccc2nc(CS(=O)c3nc(-c4ccccc4)c(-c4ccccc4)[nH]3)[nH]c(=O)c2c1. The average Bonchev–Trinajstić information content (AvgIpc) is 3.27. The van der Waals surface area contributed by atoms with Crippen LogP contribution in [0.1, 0.15) is 11.4 Å². The molecule has 0 aliphatic heterocycles. The highest BCUT2D eigenvalue weighted by Crippen LogP contribution is 2.31. The summed E-state index contributed by atoms with van der Waals surface area (Å²) in [6, 6.07) is 25.1. The summed E-state index contributed by atoms with van der Waals surface area (Å²) in [6.07, 6.45) is 0. The van der Waals surface area contributed by atoms with Crippen molar-refractivity contribution >= 4 is 21.7 Å². The average molecular weight is 441 g/mol. The zero-order valence-electron chi connectivity index (χ0n) is 17.3. The zero-order valence-corrected chi connectivity index (χ0v) is 18.1. The standard InChI is InChI=1S/C25H20N4O2S/c1-16-12-13-20-19(14-16)24(30)27-21(26-20)15-32(31)25-28-22(17-8-4-2-5-9-17)23(29-25)18-10-6-3-7-11-18/h2-14H,15H2,1H3,(H,28,29)(H,26,27,30). The Morgan fingerprint density at radius 1 is 0.844 bits per heavy atom. The third-order valence-corrected chi connectivity index (χ3v) is 6.35. The normalized spacial score (nSPS) is 12.2. The molecule has 1 atom stereocenters. The zero-order chi connectivity index (χ0) is 22.1. The Morgan fingerprint density at radius 2 is 1.53 bits per heavy atom. The number of fused-ring (bicyclic) bond motifs is 1. The Balaban J connectivity index is 1.53. The van der Waals surface area contributed by atoms with Gasteiger partial charge in [-0.15, -0.1) is 0 Å². The molecule has 158 valence electrons. The van der Waals surface area contributed by atoms with Crippen molar-refractivity contribution < 1.29 is 4.21 Å². The Morgan fingerprint density at radius 3 is 2.25 bits per heavy atom. The second-order valence-corrected chi connectivity index (χ2v) is 8.89. The van der Waals surface area contributed by atoms with Crippen LogP contribution in [0.3, 0.4) is 0 Å². The summed E-state index contributed by atoms with van der Waals surface area (Å²) in [5.41, 5.74) is 4.75. The molecule has 32 heavy (non-hydrogen) atoms. The molecule has 5 aromatic rings. The maximum Gasteiger partial charge on any atom is 0.258 e. The van der Waals surface area contributed by atoms with E-state index in [4.69, 9.17) is 0 Å². The van der Waals surface area contributed by atoms with E-state index >= 15 is 0 Å². The van der Waals surface area contributed by atoms with Gasteiger partial charge >= 0.3 is 0 Å². The van der Waals surface area contributed by atoms with Gasteiger partial charge < -0.3 is 9.97 Å². The molecule has 0 bridgehead atoms. The van der Waals surface area contributed by atoms with Crippen LogP contribution in [0.5, 0.6) is 0 Å². The topological polar surface area (TPSA) is 91.5 Å². The van der Waals surface area contributed by atoms with E-state index < -0.39 is 10.8 Å². The van der Waals surface area contributed by atoms with Gasteiger partial charge in [0.25, 0.3) is 5.56 Å². The summed E-state index contributed by atoms with van der Waals surface area (Å²) in [5.74, 6) is 0.415. The van der Waals surface area contributed by atoms with Gasteiger partial charge in [0.1, 0.15) is 5.82 Å². The van der Waals surface area contributed by atoms with Crippen molar-refractivity contribution in [1.29, 1.82) is 0 Å². The predicted molar refractivity (Wildman–Crippen MR) is 127 cm³/mol. The summed E-state index contributed by atoms with van der Waals surface area (Å²) in [4.78, 5) is 27.7. The lowest BCUT2D eigenvalue weighted by Crippen LogP contribution is -2.14. The number of hydrogen-bond donors (Lipinski definition) is 2. The largest absolute Gasteiger partial charge is 0.330 e. The van der Waals surface area contributed by atoms with Gasteiger partial charge in [0.05, 0.1) is 38.8 Å². The Bertz CT molecular complexity index is 1430. The number of nitrogens with zero attached hydrogens (tertiary/aromatic N) is 2. The van der Waals surface area contributed by atoms with Crippen LogP contribution in [0, 0.1) is 6.92 Å². The van der Waals surface area contributed by atoms with Crippen LogP contribution < -0.4 is 5.56 Å². The third kappa shape index (κ3) is 3.90. The van der Waals surface area contributed by atoms with Gasteiger partial charge in [-0.25, -0.2) is 9.97 Å².